The van der Waals surface area contributed by atoms with Gasteiger partial charge in [-0.1, -0.05) is 6.07 Å². The molecule has 0 fully saturated rings. The fraction of sp³-hybridized carbons (Fsp3) is 0.353. The minimum atomic E-state index is -4.44. The third kappa shape index (κ3) is 7.23. The van der Waals surface area contributed by atoms with E-state index in [4.69, 9.17) is 5.26 Å². The zero-order valence-electron chi connectivity index (χ0n) is 14.8. The summed E-state index contributed by atoms with van der Waals surface area (Å²) < 4.78 is 51.5. The predicted octanol–water partition coefficient (Wildman–Crippen LogP) is 4.09. The standard InChI is InChI=1S/C17H17F4N5S.HI/c1-2-23-16(25-9-12-4-3-11(8-22)7-13(12)18)24-6-5-15-26-14(10-27-15)17(19,20)21;/h3-4,7,10H,2,5-6,9H2,1H3,(H2,23,24,25);1H. The number of guanidine groups is 1. The molecule has 0 amide bonds. The second-order valence-electron chi connectivity index (χ2n) is 5.41. The molecule has 1 heterocycles. The van der Waals surface area contributed by atoms with Crippen LogP contribution in [-0.4, -0.2) is 24.0 Å². The van der Waals surface area contributed by atoms with Gasteiger partial charge in [0.25, 0.3) is 0 Å². The van der Waals surface area contributed by atoms with Gasteiger partial charge in [0.15, 0.2) is 11.7 Å². The molecule has 1 aromatic heterocycles. The summed E-state index contributed by atoms with van der Waals surface area (Å²) in [5, 5.41) is 16.1. The van der Waals surface area contributed by atoms with Crippen LogP contribution in [0.15, 0.2) is 28.6 Å². The number of aliphatic imine (C=N–C) groups is 1. The molecule has 28 heavy (non-hydrogen) atoms. The molecule has 1 aromatic carbocycles. The molecular formula is C17H18F4IN5S. The van der Waals surface area contributed by atoms with Gasteiger partial charge in [0.2, 0.25) is 0 Å². The smallest absolute Gasteiger partial charge is 0.357 e. The number of thiazole rings is 1. The van der Waals surface area contributed by atoms with Gasteiger partial charge in [0.1, 0.15) is 5.82 Å². The van der Waals surface area contributed by atoms with Crippen molar-refractivity contribution < 1.29 is 17.6 Å². The van der Waals surface area contributed by atoms with Gasteiger partial charge in [-0.15, -0.1) is 35.3 Å². The molecule has 0 spiro atoms. The number of nitrogens with one attached hydrogen (secondary N) is 2. The van der Waals surface area contributed by atoms with Crippen molar-refractivity contribution in [3.63, 3.8) is 0 Å². The van der Waals surface area contributed by atoms with E-state index in [-0.39, 0.29) is 36.1 Å². The molecule has 0 aliphatic rings. The van der Waals surface area contributed by atoms with Crippen molar-refractivity contribution in [1.82, 2.24) is 15.6 Å². The highest BCUT2D eigenvalue weighted by Gasteiger charge is 2.33. The minimum absolute atomic E-state index is 0. The molecule has 152 valence electrons. The molecule has 0 unspecified atom stereocenters. The highest BCUT2D eigenvalue weighted by Crippen LogP contribution is 2.29. The van der Waals surface area contributed by atoms with E-state index in [0.717, 1.165) is 22.8 Å². The lowest BCUT2D eigenvalue weighted by molar-refractivity contribution is -0.140. The molecule has 0 bridgehead atoms. The fourth-order valence-electron chi connectivity index (χ4n) is 2.09. The maximum Gasteiger partial charge on any atom is 0.434 e. The average Bonchev–Trinajstić information content (AvgIpc) is 3.09. The van der Waals surface area contributed by atoms with Crippen LogP contribution in [0.5, 0.6) is 0 Å². The second kappa shape index (κ2) is 11.2. The third-order valence-electron chi connectivity index (χ3n) is 3.41. The highest BCUT2D eigenvalue weighted by atomic mass is 127. The van der Waals surface area contributed by atoms with Crippen LogP contribution in [0.2, 0.25) is 0 Å². The van der Waals surface area contributed by atoms with E-state index in [1.165, 1.54) is 12.1 Å². The first-order chi connectivity index (χ1) is 12.8. The van der Waals surface area contributed by atoms with Crippen LogP contribution in [0.3, 0.4) is 0 Å². The van der Waals surface area contributed by atoms with Crippen LogP contribution in [-0.2, 0) is 19.1 Å². The van der Waals surface area contributed by atoms with Crippen molar-refractivity contribution >= 4 is 41.3 Å². The van der Waals surface area contributed by atoms with Crippen LogP contribution in [0, 0.1) is 17.1 Å². The SMILES string of the molecule is CCNC(=NCc1ccc(C#N)cc1F)NCCc1nc(C(F)(F)F)cs1.I. The fourth-order valence-corrected chi connectivity index (χ4v) is 2.90. The molecule has 0 aliphatic heterocycles. The Balaban J connectivity index is 0.00000392. The number of halogens is 5. The van der Waals surface area contributed by atoms with E-state index in [9.17, 15) is 17.6 Å². The lowest BCUT2D eigenvalue weighted by atomic mass is 10.1. The lowest BCUT2D eigenvalue weighted by Gasteiger charge is -2.11. The van der Waals surface area contributed by atoms with E-state index in [0.29, 0.717) is 36.0 Å². The number of alkyl halides is 3. The molecule has 2 aromatic rings. The predicted molar refractivity (Wildman–Crippen MR) is 110 cm³/mol. The van der Waals surface area contributed by atoms with Crippen molar-refractivity contribution in [2.24, 2.45) is 4.99 Å². The Hall–Kier alpha value is -1.94. The lowest BCUT2D eigenvalue weighted by Crippen LogP contribution is -2.38. The molecule has 0 saturated carbocycles. The monoisotopic (exact) mass is 527 g/mol. The molecule has 0 saturated heterocycles. The Morgan fingerprint density at radius 2 is 2.07 bits per heavy atom. The van der Waals surface area contributed by atoms with Crippen LogP contribution in [0.25, 0.3) is 0 Å². The van der Waals surface area contributed by atoms with Crippen molar-refractivity contribution in [2.75, 3.05) is 13.1 Å². The van der Waals surface area contributed by atoms with Gasteiger partial charge in [-0.2, -0.15) is 18.4 Å². The number of aromatic nitrogens is 1. The summed E-state index contributed by atoms with van der Waals surface area (Å²) in [6.07, 6.45) is -4.14. The van der Waals surface area contributed by atoms with Gasteiger partial charge in [-0.25, -0.2) is 14.4 Å². The van der Waals surface area contributed by atoms with Crippen molar-refractivity contribution in [2.45, 2.75) is 26.1 Å². The van der Waals surface area contributed by atoms with E-state index in [2.05, 4.69) is 20.6 Å². The third-order valence-corrected chi connectivity index (χ3v) is 4.32. The largest absolute Gasteiger partial charge is 0.434 e. The summed E-state index contributed by atoms with van der Waals surface area (Å²) in [6.45, 7) is 2.81. The summed E-state index contributed by atoms with van der Waals surface area (Å²) in [5.41, 5.74) is -0.327. The quantitative estimate of drug-likeness (QED) is 0.257. The molecule has 0 aliphatic carbocycles. The van der Waals surface area contributed by atoms with Crippen LogP contribution in [0.1, 0.15) is 28.8 Å². The molecule has 5 nitrogen and oxygen atoms in total. The van der Waals surface area contributed by atoms with E-state index >= 15 is 0 Å². The summed E-state index contributed by atoms with van der Waals surface area (Å²) in [4.78, 5) is 7.81. The molecule has 2 rings (SSSR count). The minimum Gasteiger partial charge on any atom is -0.357 e. The van der Waals surface area contributed by atoms with Gasteiger partial charge in [0, 0.05) is 30.5 Å². The summed E-state index contributed by atoms with van der Waals surface area (Å²) >= 11 is 0.950. The Labute approximate surface area is 180 Å². The molecular weight excluding hydrogens is 509 g/mol. The molecule has 0 atom stereocenters. The maximum atomic E-state index is 13.9. The summed E-state index contributed by atoms with van der Waals surface area (Å²) in [6, 6.07) is 6.01. The Morgan fingerprint density at radius 3 is 2.64 bits per heavy atom. The van der Waals surface area contributed by atoms with E-state index in [1.54, 1.807) is 0 Å². The summed E-state index contributed by atoms with van der Waals surface area (Å²) in [7, 11) is 0. The first-order valence-electron chi connectivity index (χ1n) is 8.05. The first kappa shape index (κ1) is 24.1. The number of hydrogen-bond donors (Lipinski definition) is 2. The topological polar surface area (TPSA) is 73.1 Å². The number of rotatable bonds is 6. The zero-order valence-corrected chi connectivity index (χ0v) is 18.0. The van der Waals surface area contributed by atoms with Gasteiger partial charge < -0.3 is 10.6 Å². The number of nitriles is 1. The van der Waals surface area contributed by atoms with Crippen LogP contribution < -0.4 is 10.6 Å². The Kier molecular flexibility index (Phi) is 9.60. The van der Waals surface area contributed by atoms with E-state index < -0.39 is 17.7 Å². The Morgan fingerprint density at radius 1 is 1.32 bits per heavy atom. The van der Waals surface area contributed by atoms with Crippen LogP contribution >= 0.6 is 35.3 Å². The van der Waals surface area contributed by atoms with Crippen molar-refractivity contribution in [3.8, 4) is 6.07 Å². The van der Waals surface area contributed by atoms with Crippen molar-refractivity contribution in [1.29, 1.82) is 5.26 Å². The number of benzene rings is 1. The van der Waals surface area contributed by atoms with Gasteiger partial charge in [0.05, 0.1) is 23.2 Å². The number of hydrogen-bond acceptors (Lipinski definition) is 4. The second-order valence-corrected chi connectivity index (χ2v) is 6.36. The Bertz CT molecular complexity index is 845. The highest BCUT2D eigenvalue weighted by molar-refractivity contribution is 14.0. The zero-order chi connectivity index (χ0) is 19.9. The number of nitrogens with zero attached hydrogens (tertiary/aromatic N) is 3. The van der Waals surface area contributed by atoms with Gasteiger partial charge in [-0.3, -0.25) is 0 Å². The van der Waals surface area contributed by atoms with E-state index in [1.807, 2.05) is 13.0 Å². The maximum absolute atomic E-state index is 13.9. The van der Waals surface area contributed by atoms with Crippen molar-refractivity contribution in [3.05, 3.63) is 51.2 Å². The van der Waals surface area contributed by atoms with Gasteiger partial charge in [-0.05, 0) is 19.1 Å². The van der Waals surface area contributed by atoms with Gasteiger partial charge >= 0.3 is 6.18 Å². The molecule has 11 heteroatoms. The molecule has 0 radical (unpaired) electrons. The van der Waals surface area contributed by atoms with Crippen LogP contribution in [0.4, 0.5) is 17.6 Å². The first-order valence-corrected chi connectivity index (χ1v) is 8.93. The molecule has 2 N–H and O–H groups in total. The normalized spacial score (nSPS) is 11.5. The summed E-state index contributed by atoms with van der Waals surface area (Å²) in [5.74, 6) is -0.107. The average molecular weight is 527 g/mol.